The lowest BCUT2D eigenvalue weighted by molar-refractivity contribution is -0.0364. The van der Waals surface area contributed by atoms with Gasteiger partial charge in [-0.3, -0.25) is 0 Å². The van der Waals surface area contributed by atoms with Gasteiger partial charge >= 0.3 is 6.09 Å². The van der Waals surface area contributed by atoms with Crippen molar-refractivity contribution in [3.63, 3.8) is 0 Å². The molecule has 3 unspecified atom stereocenters. The molecule has 3 atom stereocenters. The first-order valence-corrected chi connectivity index (χ1v) is 8.24. The van der Waals surface area contributed by atoms with Crippen LogP contribution in [0.25, 0.3) is 0 Å². The maximum atomic E-state index is 12.5. The van der Waals surface area contributed by atoms with Crippen molar-refractivity contribution < 1.29 is 14.3 Å². The summed E-state index contributed by atoms with van der Waals surface area (Å²) in [6, 6.07) is 0.135. The number of carbonyl (C=O) groups is 1. The Balaban J connectivity index is 2.21. The number of rotatable bonds is 3. The largest absolute Gasteiger partial charge is 0.444 e. The number of methoxy groups -OCH3 is 1. The van der Waals surface area contributed by atoms with Crippen LogP contribution in [-0.4, -0.2) is 41.9 Å². The van der Waals surface area contributed by atoms with Gasteiger partial charge < -0.3 is 14.4 Å². The molecule has 0 spiro atoms. The van der Waals surface area contributed by atoms with E-state index in [1.165, 1.54) is 0 Å². The molecular formula is C18H29NO3. The molecule has 1 aliphatic heterocycles. The SMILES string of the molecule is CCC1(OC)C=CC=CC1C1CCCN1C(=O)OC(C)(C)C. The van der Waals surface area contributed by atoms with Crippen LogP contribution < -0.4 is 0 Å². The monoisotopic (exact) mass is 307 g/mol. The van der Waals surface area contributed by atoms with E-state index in [1.54, 1.807) is 7.11 Å². The second-order valence-electron chi connectivity index (χ2n) is 7.17. The number of likely N-dealkylation sites (tertiary alicyclic amines) is 1. The van der Waals surface area contributed by atoms with E-state index in [1.807, 2.05) is 31.7 Å². The van der Waals surface area contributed by atoms with Crippen LogP contribution in [0.4, 0.5) is 4.79 Å². The Morgan fingerprint density at radius 3 is 2.68 bits per heavy atom. The fourth-order valence-corrected chi connectivity index (χ4v) is 3.55. The summed E-state index contributed by atoms with van der Waals surface area (Å²) in [6.45, 7) is 8.62. The highest BCUT2D eigenvalue weighted by Crippen LogP contribution is 2.39. The number of ether oxygens (including phenoxy) is 2. The summed E-state index contributed by atoms with van der Waals surface area (Å²) < 4.78 is 11.4. The lowest BCUT2D eigenvalue weighted by Gasteiger charge is -2.42. The summed E-state index contributed by atoms with van der Waals surface area (Å²) in [6.07, 6.45) is 11.1. The molecule has 1 aliphatic carbocycles. The van der Waals surface area contributed by atoms with Crippen LogP contribution in [0.3, 0.4) is 0 Å². The predicted molar refractivity (Wildman–Crippen MR) is 87.8 cm³/mol. The smallest absolute Gasteiger partial charge is 0.410 e. The van der Waals surface area contributed by atoms with Crippen molar-refractivity contribution in [1.82, 2.24) is 4.90 Å². The molecule has 0 saturated carbocycles. The highest BCUT2D eigenvalue weighted by molar-refractivity contribution is 5.69. The highest BCUT2D eigenvalue weighted by atomic mass is 16.6. The minimum Gasteiger partial charge on any atom is -0.444 e. The van der Waals surface area contributed by atoms with E-state index < -0.39 is 5.60 Å². The van der Waals surface area contributed by atoms with E-state index in [4.69, 9.17) is 9.47 Å². The van der Waals surface area contributed by atoms with Gasteiger partial charge in [-0.25, -0.2) is 4.79 Å². The Hall–Kier alpha value is -1.29. The average molecular weight is 307 g/mol. The molecule has 0 N–H and O–H groups in total. The Bertz CT molecular complexity index is 457. The molecular weight excluding hydrogens is 278 g/mol. The van der Waals surface area contributed by atoms with Gasteiger partial charge in [0.05, 0.1) is 5.60 Å². The molecule has 0 aromatic carbocycles. The Kier molecular flexibility index (Phi) is 5.00. The van der Waals surface area contributed by atoms with Crippen LogP contribution in [0, 0.1) is 5.92 Å². The molecule has 1 saturated heterocycles. The van der Waals surface area contributed by atoms with Gasteiger partial charge in [-0.05, 0) is 40.0 Å². The molecule has 124 valence electrons. The molecule has 2 aliphatic rings. The third-order valence-electron chi connectivity index (χ3n) is 4.65. The topological polar surface area (TPSA) is 38.8 Å². The van der Waals surface area contributed by atoms with E-state index >= 15 is 0 Å². The molecule has 1 amide bonds. The molecule has 4 nitrogen and oxygen atoms in total. The molecule has 0 aromatic rings. The van der Waals surface area contributed by atoms with Crippen molar-refractivity contribution in [2.24, 2.45) is 5.92 Å². The zero-order valence-corrected chi connectivity index (χ0v) is 14.5. The maximum Gasteiger partial charge on any atom is 0.410 e. The zero-order chi connectivity index (χ0) is 16.4. The van der Waals surface area contributed by atoms with E-state index in [-0.39, 0.29) is 23.7 Å². The average Bonchev–Trinajstić information content (AvgIpc) is 2.94. The lowest BCUT2D eigenvalue weighted by atomic mass is 9.76. The third kappa shape index (κ3) is 3.37. The molecule has 0 bridgehead atoms. The minimum absolute atomic E-state index is 0.135. The van der Waals surface area contributed by atoms with E-state index in [0.717, 1.165) is 25.8 Å². The molecule has 4 heteroatoms. The number of nitrogens with zero attached hydrogens (tertiary/aromatic N) is 1. The van der Waals surface area contributed by atoms with E-state index in [9.17, 15) is 4.79 Å². The summed E-state index contributed by atoms with van der Waals surface area (Å²) >= 11 is 0. The number of amides is 1. The maximum absolute atomic E-state index is 12.5. The number of hydrogen-bond acceptors (Lipinski definition) is 3. The van der Waals surface area contributed by atoms with Gasteiger partial charge in [-0.15, -0.1) is 0 Å². The normalized spacial score (nSPS) is 31.6. The first-order chi connectivity index (χ1) is 10.3. The van der Waals surface area contributed by atoms with Gasteiger partial charge in [0.1, 0.15) is 5.60 Å². The van der Waals surface area contributed by atoms with Crippen LogP contribution in [0.5, 0.6) is 0 Å². The lowest BCUT2D eigenvalue weighted by Crippen LogP contribution is -2.51. The van der Waals surface area contributed by atoms with Crippen molar-refractivity contribution in [2.75, 3.05) is 13.7 Å². The Labute approximate surface area is 134 Å². The Morgan fingerprint density at radius 2 is 2.09 bits per heavy atom. The zero-order valence-electron chi connectivity index (χ0n) is 14.5. The van der Waals surface area contributed by atoms with E-state index in [0.29, 0.717) is 0 Å². The van der Waals surface area contributed by atoms with Gasteiger partial charge in [0, 0.05) is 25.6 Å². The van der Waals surface area contributed by atoms with Crippen LogP contribution in [-0.2, 0) is 9.47 Å². The van der Waals surface area contributed by atoms with Crippen molar-refractivity contribution in [2.45, 2.75) is 64.2 Å². The first-order valence-electron chi connectivity index (χ1n) is 8.24. The summed E-state index contributed by atoms with van der Waals surface area (Å²) in [5.74, 6) is 0.169. The Morgan fingerprint density at radius 1 is 1.36 bits per heavy atom. The van der Waals surface area contributed by atoms with Crippen molar-refractivity contribution >= 4 is 6.09 Å². The molecule has 0 aromatic heterocycles. The summed E-state index contributed by atoms with van der Waals surface area (Å²) in [5.41, 5.74) is -0.792. The second kappa shape index (κ2) is 6.45. The quantitative estimate of drug-likeness (QED) is 0.793. The molecule has 1 fully saturated rings. The second-order valence-corrected chi connectivity index (χ2v) is 7.17. The summed E-state index contributed by atoms with van der Waals surface area (Å²) in [5, 5.41) is 0. The van der Waals surface area contributed by atoms with Crippen molar-refractivity contribution in [3.05, 3.63) is 24.3 Å². The summed E-state index contributed by atoms with van der Waals surface area (Å²) in [7, 11) is 1.76. The van der Waals surface area contributed by atoms with Gasteiger partial charge in [0.2, 0.25) is 0 Å². The molecule has 1 heterocycles. The predicted octanol–water partition coefficient (Wildman–Crippen LogP) is 3.92. The standard InChI is InChI=1S/C18H29NO3/c1-6-18(21-5)12-8-7-10-14(18)15-11-9-13-19(15)16(20)22-17(2,3)4/h7-8,10,12,14-15H,6,9,11,13H2,1-5H3. The van der Waals surface area contributed by atoms with Gasteiger partial charge in [0.25, 0.3) is 0 Å². The van der Waals surface area contributed by atoms with Crippen molar-refractivity contribution in [1.29, 1.82) is 0 Å². The number of allylic oxidation sites excluding steroid dienone is 2. The molecule has 2 rings (SSSR count). The molecule has 0 radical (unpaired) electrons. The third-order valence-corrected chi connectivity index (χ3v) is 4.65. The number of carbonyl (C=O) groups excluding carboxylic acids is 1. The van der Waals surface area contributed by atoms with Crippen molar-refractivity contribution in [3.8, 4) is 0 Å². The fourth-order valence-electron chi connectivity index (χ4n) is 3.55. The number of hydrogen-bond donors (Lipinski definition) is 0. The minimum atomic E-state index is -0.463. The van der Waals surface area contributed by atoms with Crippen LogP contribution in [0.1, 0.15) is 47.0 Å². The van der Waals surface area contributed by atoms with Crippen LogP contribution in [0.2, 0.25) is 0 Å². The highest BCUT2D eigenvalue weighted by Gasteiger charge is 2.45. The van der Waals surface area contributed by atoms with Gasteiger partial charge in [-0.2, -0.15) is 0 Å². The van der Waals surface area contributed by atoms with Gasteiger partial charge in [-0.1, -0.05) is 31.2 Å². The fraction of sp³-hybridized carbons (Fsp3) is 0.722. The molecule has 22 heavy (non-hydrogen) atoms. The van der Waals surface area contributed by atoms with Crippen LogP contribution >= 0.6 is 0 Å². The van der Waals surface area contributed by atoms with E-state index in [2.05, 4.69) is 25.2 Å². The van der Waals surface area contributed by atoms with Gasteiger partial charge in [0.15, 0.2) is 0 Å². The first kappa shape index (κ1) is 17.1. The summed E-state index contributed by atoms with van der Waals surface area (Å²) in [4.78, 5) is 14.4. The van der Waals surface area contributed by atoms with Crippen LogP contribution in [0.15, 0.2) is 24.3 Å².